The fraction of sp³-hybridized carbons (Fsp3) is 0.438. The molecule has 0 aliphatic heterocycles. The first-order valence-corrected chi connectivity index (χ1v) is 6.61. The third kappa shape index (κ3) is 4.52. The summed E-state index contributed by atoms with van der Waals surface area (Å²) in [6, 6.07) is 9.28. The Morgan fingerprint density at radius 1 is 1.16 bits per heavy atom. The van der Waals surface area contributed by atoms with Gasteiger partial charge in [0.15, 0.2) is 0 Å². The van der Waals surface area contributed by atoms with Gasteiger partial charge in [-0.3, -0.25) is 0 Å². The van der Waals surface area contributed by atoms with Gasteiger partial charge in [-0.05, 0) is 32.9 Å². The van der Waals surface area contributed by atoms with Crippen molar-refractivity contribution in [3.63, 3.8) is 0 Å². The Labute approximate surface area is 114 Å². The van der Waals surface area contributed by atoms with E-state index >= 15 is 0 Å². The van der Waals surface area contributed by atoms with Crippen LogP contribution in [0.25, 0.3) is 11.0 Å². The molecule has 19 heavy (non-hydrogen) atoms. The smallest absolute Gasteiger partial charge is 0.341 e. The SMILES string of the molecule is CC.CC(C)(C)OCc1cc2ccccc2oc1=O. The van der Waals surface area contributed by atoms with Crippen LogP contribution in [0.1, 0.15) is 40.2 Å². The topological polar surface area (TPSA) is 39.4 Å². The highest BCUT2D eigenvalue weighted by molar-refractivity contribution is 5.76. The Kier molecular flexibility index (Phi) is 5.31. The van der Waals surface area contributed by atoms with Crippen LogP contribution in [-0.4, -0.2) is 5.60 Å². The molecule has 1 aromatic carbocycles. The van der Waals surface area contributed by atoms with Crippen LogP contribution >= 0.6 is 0 Å². The van der Waals surface area contributed by atoms with Gasteiger partial charge in [0.25, 0.3) is 0 Å². The van der Waals surface area contributed by atoms with E-state index in [2.05, 4.69) is 0 Å². The highest BCUT2D eigenvalue weighted by atomic mass is 16.5. The molecule has 0 saturated heterocycles. The normalized spacial score (nSPS) is 11.0. The molecule has 3 heteroatoms. The Morgan fingerprint density at radius 2 is 1.79 bits per heavy atom. The molecule has 0 amide bonds. The molecule has 2 rings (SSSR count). The van der Waals surface area contributed by atoms with Crippen molar-refractivity contribution in [2.24, 2.45) is 0 Å². The van der Waals surface area contributed by atoms with Crippen molar-refractivity contribution in [1.82, 2.24) is 0 Å². The van der Waals surface area contributed by atoms with E-state index in [0.29, 0.717) is 11.1 Å². The molecular formula is C16H22O3. The third-order valence-corrected chi connectivity index (χ3v) is 2.37. The molecule has 0 spiro atoms. The van der Waals surface area contributed by atoms with Gasteiger partial charge < -0.3 is 9.15 Å². The van der Waals surface area contributed by atoms with E-state index in [1.165, 1.54) is 0 Å². The van der Waals surface area contributed by atoms with Crippen molar-refractivity contribution in [3.8, 4) is 0 Å². The van der Waals surface area contributed by atoms with E-state index < -0.39 is 0 Å². The van der Waals surface area contributed by atoms with Crippen molar-refractivity contribution in [2.75, 3.05) is 0 Å². The van der Waals surface area contributed by atoms with Crippen LogP contribution in [0.4, 0.5) is 0 Å². The van der Waals surface area contributed by atoms with E-state index in [1.54, 1.807) is 6.07 Å². The first-order valence-electron chi connectivity index (χ1n) is 6.61. The summed E-state index contributed by atoms with van der Waals surface area (Å²) in [4.78, 5) is 11.7. The van der Waals surface area contributed by atoms with Crippen LogP contribution in [-0.2, 0) is 11.3 Å². The summed E-state index contributed by atoms with van der Waals surface area (Å²) in [7, 11) is 0. The fourth-order valence-electron chi connectivity index (χ4n) is 1.50. The summed E-state index contributed by atoms with van der Waals surface area (Å²) >= 11 is 0. The molecule has 0 atom stereocenters. The number of hydrogen-bond donors (Lipinski definition) is 0. The van der Waals surface area contributed by atoms with E-state index in [4.69, 9.17) is 9.15 Å². The minimum absolute atomic E-state index is 0.266. The van der Waals surface area contributed by atoms with E-state index in [-0.39, 0.29) is 17.8 Å². The third-order valence-electron chi connectivity index (χ3n) is 2.37. The zero-order valence-corrected chi connectivity index (χ0v) is 12.3. The lowest BCUT2D eigenvalue weighted by Crippen LogP contribution is -2.21. The van der Waals surface area contributed by atoms with Crippen LogP contribution < -0.4 is 5.63 Å². The number of rotatable bonds is 2. The molecule has 0 fully saturated rings. The van der Waals surface area contributed by atoms with Crippen molar-refractivity contribution in [1.29, 1.82) is 0 Å². The number of ether oxygens (including phenoxy) is 1. The quantitative estimate of drug-likeness (QED) is 0.764. The zero-order chi connectivity index (χ0) is 14.5. The second kappa shape index (κ2) is 6.53. The highest BCUT2D eigenvalue weighted by Gasteiger charge is 2.12. The molecule has 0 aliphatic carbocycles. The Hall–Kier alpha value is -1.61. The highest BCUT2D eigenvalue weighted by Crippen LogP contribution is 2.15. The minimum atomic E-state index is -0.326. The van der Waals surface area contributed by atoms with Crippen molar-refractivity contribution in [3.05, 3.63) is 46.3 Å². The predicted octanol–water partition coefficient (Wildman–Crippen LogP) is 4.13. The lowest BCUT2D eigenvalue weighted by Gasteiger charge is -2.19. The second-order valence-electron chi connectivity index (χ2n) is 5.00. The van der Waals surface area contributed by atoms with E-state index in [1.807, 2.05) is 58.9 Å². The summed E-state index contributed by atoms with van der Waals surface area (Å²) in [6.45, 7) is 10.1. The number of hydrogen-bond acceptors (Lipinski definition) is 3. The molecule has 1 aromatic heterocycles. The molecule has 104 valence electrons. The molecule has 3 nitrogen and oxygen atoms in total. The molecule has 1 heterocycles. The van der Waals surface area contributed by atoms with Crippen LogP contribution in [0.5, 0.6) is 0 Å². The zero-order valence-electron chi connectivity index (χ0n) is 12.3. The first-order chi connectivity index (χ1) is 8.96. The van der Waals surface area contributed by atoms with Crippen molar-refractivity contribution < 1.29 is 9.15 Å². The summed E-state index contributed by atoms with van der Waals surface area (Å²) in [5.41, 5.74) is 0.571. The number of benzene rings is 1. The average Bonchev–Trinajstić information content (AvgIpc) is 2.37. The van der Waals surface area contributed by atoms with Crippen molar-refractivity contribution >= 4 is 11.0 Å². The van der Waals surface area contributed by atoms with Gasteiger partial charge in [0.2, 0.25) is 0 Å². The van der Waals surface area contributed by atoms with E-state index in [9.17, 15) is 4.79 Å². The van der Waals surface area contributed by atoms with Gasteiger partial charge in [-0.25, -0.2) is 4.79 Å². The van der Waals surface area contributed by atoms with Gasteiger partial charge in [0, 0.05) is 5.39 Å². The van der Waals surface area contributed by atoms with Crippen molar-refractivity contribution in [2.45, 2.75) is 46.8 Å². The molecule has 0 unspecified atom stereocenters. The van der Waals surface area contributed by atoms with Gasteiger partial charge in [-0.2, -0.15) is 0 Å². The van der Waals surface area contributed by atoms with Gasteiger partial charge in [0.05, 0.1) is 17.8 Å². The molecule has 2 aromatic rings. The molecule has 0 aliphatic rings. The lowest BCUT2D eigenvalue weighted by molar-refractivity contribution is -0.0159. The maximum Gasteiger partial charge on any atom is 0.341 e. The van der Waals surface area contributed by atoms with Gasteiger partial charge >= 0.3 is 5.63 Å². The average molecular weight is 262 g/mol. The Morgan fingerprint density at radius 3 is 2.42 bits per heavy atom. The Balaban J connectivity index is 0.000000861. The summed E-state index contributed by atoms with van der Waals surface area (Å²) in [5, 5.41) is 0.916. The predicted molar refractivity (Wildman–Crippen MR) is 78.4 cm³/mol. The van der Waals surface area contributed by atoms with E-state index in [0.717, 1.165) is 5.39 Å². The van der Waals surface area contributed by atoms with Crippen LogP contribution in [0.3, 0.4) is 0 Å². The molecule has 0 saturated carbocycles. The summed E-state index contributed by atoms with van der Waals surface area (Å²) in [5.74, 6) is 0. The second-order valence-corrected chi connectivity index (χ2v) is 5.00. The maximum atomic E-state index is 11.7. The number of fused-ring (bicyclic) bond motifs is 1. The number of para-hydroxylation sites is 1. The lowest BCUT2D eigenvalue weighted by atomic mass is 10.1. The van der Waals surface area contributed by atoms with Gasteiger partial charge in [0.1, 0.15) is 5.58 Å². The standard InChI is InChI=1S/C14H16O3.C2H6/c1-14(2,3)16-9-11-8-10-6-4-5-7-12(10)17-13(11)15;1-2/h4-8H,9H2,1-3H3;1-2H3. The molecule has 0 N–H and O–H groups in total. The van der Waals surface area contributed by atoms with Crippen LogP contribution in [0.2, 0.25) is 0 Å². The molecule has 0 radical (unpaired) electrons. The Bertz CT molecular complexity index is 576. The molecular weight excluding hydrogens is 240 g/mol. The minimum Gasteiger partial charge on any atom is -0.422 e. The first kappa shape index (κ1) is 15.4. The summed E-state index contributed by atoms with van der Waals surface area (Å²) < 4.78 is 10.8. The van der Waals surface area contributed by atoms with Crippen LogP contribution in [0.15, 0.2) is 39.5 Å². The largest absolute Gasteiger partial charge is 0.422 e. The summed E-state index contributed by atoms with van der Waals surface area (Å²) in [6.07, 6.45) is 0. The monoisotopic (exact) mass is 262 g/mol. The maximum absolute atomic E-state index is 11.7. The fourth-order valence-corrected chi connectivity index (χ4v) is 1.50. The van der Waals surface area contributed by atoms with Gasteiger partial charge in [-0.15, -0.1) is 0 Å². The van der Waals surface area contributed by atoms with Crippen LogP contribution in [0, 0.1) is 0 Å². The van der Waals surface area contributed by atoms with Gasteiger partial charge in [-0.1, -0.05) is 32.0 Å². The molecule has 0 bridgehead atoms.